The summed E-state index contributed by atoms with van der Waals surface area (Å²) in [5.41, 5.74) is 5.30. The molecule has 1 amide bonds. The maximum atomic E-state index is 13.4. The number of nitrogens with zero attached hydrogens (tertiary/aromatic N) is 2. The van der Waals surface area contributed by atoms with E-state index in [-0.39, 0.29) is 5.91 Å². The zero-order chi connectivity index (χ0) is 18.6. The van der Waals surface area contributed by atoms with E-state index in [2.05, 4.69) is 6.07 Å². The number of carbonyl (C=O) groups excluding carboxylic acids is 1. The number of rotatable bonds is 2. The highest BCUT2D eigenvalue weighted by Crippen LogP contribution is 2.38. The van der Waals surface area contributed by atoms with Crippen molar-refractivity contribution in [2.75, 3.05) is 18.0 Å². The molecule has 3 aliphatic rings. The van der Waals surface area contributed by atoms with Gasteiger partial charge >= 0.3 is 0 Å². The van der Waals surface area contributed by atoms with Crippen LogP contribution >= 0.6 is 0 Å². The normalized spacial score (nSPS) is 19.6. The molecule has 5 rings (SSSR count). The zero-order valence-corrected chi connectivity index (χ0v) is 16.0. The van der Waals surface area contributed by atoms with Gasteiger partial charge in [-0.2, -0.15) is 4.31 Å². The molecule has 0 atom stereocenters. The molecule has 0 radical (unpaired) electrons. The van der Waals surface area contributed by atoms with Crippen LogP contribution in [0.2, 0.25) is 0 Å². The van der Waals surface area contributed by atoms with Gasteiger partial charge in [-0.3, -0.25) is 4.79 Å². The summed E-state index contributed by atoms with van der Waals surface area (Å²) in [7, 11) is -3.55. The molecule has 2 aromatic rings. The lowest BCUT2D eigenvalue weighted by Crippen LogP contribution is -2.40. The second-order valence-corrected chi connectivity index (χ2v) is 9.53. The van der Waals surface area contributed by atoms with Crippen LogP contribution < -0.4 is 4.90 Å². The first-order valence-electron chi connectivity index (χ1n) is 9.57. The smallest absolute Gasteiger partial charge is 0.243 e. The summed E-state index contributed by atoms with van der Waals surface area (Å²) in [6.07, 6.45) is 3.56. The first-order valence-corrected chi connectivity index (χ1v) is 11.0. The summed E-state index contributed by atoms with van der Waals surface area (Å²) in [6.45, 7) is 1.68. The van der Waals surface area contributed by atoms with Crippen molar-refractivity contribution in [1.29, 1.82) is 0 Å². The number of fused-ring (bicyclic) bond motifs is 1. The van der Waals surface area contributed by atoms with Gasteiger partial charge < -0.3 is 4.90 Å². The van der Waals surface area contributed by atoms with Crippen LogP contribution in [0.4, 0.5) is 5.69 Å². The third-order valence-corrected chi connectivity index (χ3v) is 7.80. The second kappa shape index (κ2) is 6.17. The quantitative estimate of drug-likeness (QED) is 0.802. The Morgan fingerprint density at radius 2 is 1.56 bits per heavy atom. The molecule has 5 nitrogen and oxygen atoms in total. The average Bonchev–Trinajstić information content (AvgIpc) is 2.70. The summed E-state index contributed by atoms with van der Waals surface area (Å²) < 4.78 is 28.3. The van der Waals surface area contributed by atoms with Crippen LogP contribution in [0.25, 0.3) is 0 Å². The molecule has 2 aromatic carbocycles. The molecule has 140 valence electrons. The van der Waals surface area contributed by atoms with Gasteiger partial charge in [-0.05, 0) is 60.1 Å². The predicted molar refractivity (Wildman–Crippen MR) is 103 cm³/mol. The Bertz CT molecular complexity index is 1030. The Hall–Kier alpha value is -2.18. The summed E-state index contributed by atoms with van der Waals surface area (Å²) >= 11 is 0. The maximum absolute atomic E-state index is 13.4. The van der Waals surface area contributed by atoms with Gasteiger partial charge in [0, 0.05) is 26.1 Å². The van der Waals surface area contributed by atoms with E-state index in [9.17, 15) is 13.2 Å². The molecule has 6 heteroatoms. The van der Waals surface area contributed by atoms with E-state index in [4.69, 9.17) is 0 Å². The molecule has 0 N–H and O–H groups in total. The highest BCUT2D eigenvalue weighted by atomic mass is 32.2. The van der Waals surface area contributed by atoms with Crippen LogP contribution in [0, 0.1) is 0 Å². The van der Waals surface area contributed by atoms with E-state index >= 15 is 0 Å². The second-order valence-electron chi connectivity index (χ2n) is 7.60. The van der Waals surface area contributed by atoms with Crippen LogP contribution in [-0.4, -0.2) is 31.7 Å². The topological polar surface area (TPSA) is 57.7 Å². The Morgan fingerprint density at radius 1 is 0.815 bits per heavy atom. The third kappa shape index (κ3) is 2.70. The molecule has 0 fully saturated rings. The Morgan fingerprint density at radius 3 is 2.37 bits per heavy atom. The summed E-state index contributed by atoms with van der Waals surface area (Å²) in [5, 5.41) is 0. The van der Waals surface area contributed by atoms with Crippen molar-refractivity contribution in [3.63, 3.8) is 0 Å². The lowest BCUT2D eigenvalue weighted by atomic mass is 9.92. The molecular formula is C21H22N2O3S. The van der Waals surface area contributed by atoms with Gasteiger partial charge in [0.15, 0.2) is 0 Å². The highest BCUT2D eigenvalue weighted by molar-refractivity contribution is 7.89. The van der Waals surface area contributed by atoms with Gasteiger partial charge in [0.1, 0.15) is 0 Å². The van der Waals surface area contributed by atoms with Gasteiger partial charge in [-0.1, -0.05) is 24.3 Å². The van der Waals surface area contributed by atoms with Crippen LogP contribution in [0.15, 0.2) is 41.3 Å². The first kappa shape index (κ1) is 17.0. The van der Waals surface area contributed by atoms with Gasteiger partial charge in [-0.25, -0.2) is 8.42 Å². The van der Waals surface area contributed by atoms with E-state index < -0.39 is 10.0 Å². The number of amides is 1. The number of hydrogen-bond acceptors (Lipinski definition) is 3. The van der Waals surface area contributed by atoms with Crippen LogP contribution in [0.5, 0.6) is 0 Å². The van der Waals surface area contributed by atoms with Gasteiger partial charge in [0.05, 0.1) is 10.6 Å². The predicted octanol–water partition coefficient (Wildman–Crippen LogP) is 2.66. The monoisotopic (exact) mass is 382 g/mol. The van der Waals surface area contributed by atoms with Gasteiger partial charge in [-0.15, -0.1) is 0 Å². The molecule has 27 heavy (non-hydrogen) atoms. The Balaban J connectivity index is 1.54. The van der Waals surface area contributed by atoms with E-state index in [1.165, 1.54) is 5.56 Å². The van der Waals surface area contributed by atoms with E-state index in [1.807, 2.05) is 23.1 Å². The van der Waals surface area contributed by atoms with Crippen LogP contribution in [0.3, 0.4) is 0 Å². The first-order chi connectivity index (χ1) is 13.0. The minimum atomic E-state index is -3.55. The van der Waals surface area contributed by atoms with E-state index in [1.54, 1.807) is 16.4 Å². The van der Waals surface area contributed by atoms with Crippen molar-refractivity contribution in [3.8, 4) is 0 Å². The molecule has 3 heterocycles. The maximum Gasteiger partial charge on any atom is 0.243 e. The molecule has 0 saturated heterocycles. The fourth-order valence-corrected chi connectivity index (χ4v) is 6.12. The fraction of sp³-hybridized carbons (Fsp3) is 0.381. The number of sulfonamides is 1. The van der Waals surface area contributed by atoms with E-state index in [0.29, 0.717) is 30.8 Å². The molecule has 0 aliphatic carbocycles. The molecular weight excluding hydrogens is 360 g/mol. The molecule has 0 aromatic heterocycles. The molecule has 0 spiro atoms. The van der Waals surface area contributed by atoms with Crippen molar-refractivity contribution in [2.45, 2.75) is 43.5 Å². The minimum Gasteiger partial charge on any atom is -0.312 e. The summed E-state index contributed by atoms with van der Waals surface area (Å²) in [5.74, 6) is 0.159. The van der Waals surface area contributed by atoms with Crippen molar-refractivity contribution >= 4 is 21.6 Å². The molecule has 3 aliphatic heterocycles. The summed E-state index contributed by atoms with van der Waals surface area (Å²) in [4.78, 5) is 14.5. The molecule has 0 unspecified atom stereocenters. The number of aryl methyl sites for hydroxylation is 2. The van der Waals surface area contributed by atoms with E-state index in [0.717, 1.165) is 48.2 Å². The van der Waals surface area contributed by atoms with Crippen molar-refractivity contribution in [2.24, 2.45) is 0 Å². The van der Waals surface area contributed by atoms with Crippen molar-refractivity contribution < 1.29 is 13.2 Å². The number of hydrogen-bond donors (Lipinski definition) is 0. The Labute approximate surface area is 159 Å². The molecule has 0 saturated carbocycles. The van der Waals surface area contributed by atoms with Gasteiger partial charge in [0.2, 0.25) is 15.9 Å². The van der Waals surface area contributed by atoms with Crippen LogP contribution in [0.1, 0.15) is 35.1 Å². The zero-order valence-electron chi connectivity index (χ0n) is 15.1. The SMILES string of the molecule is O=C1CCc2cc(S(=O)(=O)N3CCc4ccccc4C3)cc3c2N1CCC3. The van der Waals surface area contributed by atoms with Gasteiger partial charge in [0.25, 0.3) is 0 Å². The number of benzene rings is 2. The average molecular weight is 382 g/mol. The summed E-state index contributed by atoms with van der Waals surface area (Å²) in [6, 6.07) is 11.7. The lowest BCUT2D eigenvalue weighted by Gasteiger charge is -2.36. The third-order valence-electron chi connectivity index (χ3n) is 5.98. The lowest BCUT2D eigenvalue weighted by molar-refractivity contribution is -0.119. The van der Waals surface area contributed by atoms with Crippen molar-refractivity contribution in [3.05, 3.63) is 58.7 Å². The van der Waals surface area contributed by atoms with Crippen LogP contribution in [-0.2, 0) is 40.6 Å². The molecule has 0 bridgehead atoms. The number of anilines is 1. The number of carbonyl (C=O) groups is 1. The minimum absolute atomic E-state index is 0.159. The largest absolute Gasteiger partial charge is 0.312 e. The van der Waals surface area contributed by atoms with Crippen molar-refractivity contribution in [1.82, 2.24) is 4.31 Å². The highest BCUT2D eigenvalue weighted by Gasteiger charge is 2.33. The fourth-order valence-electron chi connectivity index (χ4n) is 4.59. The standard InChI is InChI=1S/C21H22N2O3S/c24-20-8-7-17-13-19(12-16-6-3-10-23(20)21(16)17)27(25,26)22-11-9-15-4-1-2-5-18(15)14-22/h1-2,4-5,12-13H,3,6-11,14H2. The Kier molecular flexibility index (Phi) is 3.88.